The molecular formula is C10H6ClFN2O2. The van der Waals surface area contributed by atoms with Crippen LogP contribution >= 0.6 is 11.6 Å². The maximum absolute atomic E-state index is 13.5. The van der Waals surface area contributed by atoms with Gasteiger partial charge in [-0.1, -0.05) is 17.7 Å². The molecule has 0 saturated heterocycles. The fourth-order valence-corrected chi connectivity index (χ4v) is 1.51. The molecule has 1 aromatic carbocycles. The summed E-state index contributed by atoms with van der Waals surface area (Å²) in [6.45, 7) is 0. The van der Waals surface area contributed by atoms with Crippen molar-refractivity contribution in [1.29, 1.82) is 0 Å². The Balaban J connectivity index is 2.54. The molecule has 0 atom stereocenters. The zero-order chi connectivity index (χ0) is 11.7. The number of para-hydroxylation sites is 1. The molecule has 82 valence electrons. The maximum atomic E-state index is 13.5. The van der Waals surface area contributed by atoms with Crippen LogP contribution < -0.4 is 0 Å². The van der Waals surface area contributed by atoms with Crippen molar-refractivity contribution in [1.82, 2.24) is 9.78 Å². The molecule has 0 aliphatic carbocycles. The summed E-state index contributed by atoms with van der Waals surface area (Å²) in [6.07, 6.45) is 2.33. The molecule has 0 bridgehead atoms. The first kappa shape index (κ1) is 10.6. The number of benzene rings is 1. The molecular weight excluding hydrogens is 235 g/mol. The average molecular weight is 241 g/mol. The van der Waals surface area contributed by atoms with Gasteiger partial charge in [0, 0.05) is 6.20 Å². The van der Waals surface area contributed by atoms with Crippen LogP contribution in [0.25, 0.3) is 5.69 Å². The van der Waals surface area contributed by atoms with Crippen molar-refractivity contribution >= 4 is 17.6 Å². The molecule has 1 heterocycles. The van der Waals surface area contributed by atoms with Crippen LogP contribution in [0.2, 0.25) is 5.02 Å². The monoisotopic (exact) mass is 240 g/mol. The molecule has 0 radical (unpaired) electrons. The van der Waals surface area contributed by atoms with Crippen LogP contribution in [0.4, 0.5) is 4.39 Å². The second kappa shape index (κ2) is 3.94. The molecule has 0 aliphatic heterocycles. The standard InChI is InChI=1S/C10H6ClFN2O2/c11-7-2-1-3-8(12)9(7)14-5-6(4-13-14)10(15)16/h1-5H,(H,15,16). The Morgan fingerprint density at radius 1 is 1.50 bits per heavy atom. The Kier molecular flexibility index (Phi) is 2.62. The van der Waals surface area contributed by atoms with Gasteiger partial charge in [-0.3, -0.25) is 0 Å². The fourth-order valence-electron chi connectivity index (χ4n) is 1.26. The first-order chi connectivity index (χ1) is 7.59. The number of aromatic carboxylic acids is 1. The summed E-state index contributed by atoms with van der Waals surface area (Å²) < 4.78 is 14.6. The predicted molar refractivity (Wildman–Crippen MR) is 55.5 cm³/mol. The van der Waals surface area contributed by atoms with Crippen LogP contribution in [0.15, 0.2) is 30.6 Å². The van der Waals surface area contributed by atoms with Crippen molar-refractivity contribution in [3.63, 3.8) is 0 Å². The normalized spacial score (nSPS) is 10.4. The second-order valence-electron chi connectivity index (χ2n) is 3.05. The largest absolute Gasteiger partial charge is 0.478 e. The summed E-state index contributed by atoms with van der Waals surface area (Å²) >= 11 is 5.80. The van der Waals surface area contributed by atoms with Gasteiger partial charge in [0.15, 0.2) is 0 Å². The maximum Gasteiger partial charge on any atom is 0.338 e. The van der Waals surface area contributed by atoms with E-state index >= 15 is 0 Å². The third kappa shape index (κ3) is 1.77. The topological polar surface area (TPSA) is 55.1 Å². The molecule has 0 amide bonds. The van der Waals surface area contributed by atoms with Gasteiger partial charge >= 0.3 is 5.97 Å². The van der Waals surface area contributed by atoms with Gasteiger partial charge in [0.25, 0.3) is 0 Å². The van der Waals surface area contributed by atoms with E-state index in [9.17, 15) is 9.18 Å². The van der Waals surface area contributed by atoms with Crippen molar-refractivity contribution in [3.05, 3.63) is 47.0 Å². The fraction of sp³-hybridized carbons (Fsp3) is 0. The lowest BCUT2D eigenvalue weighted by molar-refractivity contribution is 0.0697. The minimum atomic E-state index is -1.13. The third-order valence-electron chi connectivity index (χ3n) is 2.00. The van der Waals surface area contributed by atoms with Crippen LogP contribution in [0, 0.1) is 5.82 Å². The molecule has 6 heteroatoms. The van der Waals surface area contributed by atoms with Crippen molar-refractivity contribution in [2.75, 3.05) is 0 Å². The summed E-state index contributed by atoms with van der Waals surface area (Å²) in [7, 11) is 0. The van der Waals surface area contributed by atoms with Crippen molar-refractivity contribution in [3.8, 4) is 5.69 Å². The van der Waals surface area contributed by atoms with Crippen LogP contribution in [0.3, 0.4) is 0 Å². The van der Waals surface area contributed by atoms with Crippen LogP contribution in [-0.2, 0) is 0 Å². The molecule has 0 aliphatic rings. The highest BCUT2D eigenvalue weighted by atomic mass is 35.5. The molecule has 2 rings (SSSR count). The van der Waals surface area contributed by atoms with Crippen LogP contribution in [0.5, 0.6) is 0 Å². The molecule has 0 saturated carbocycles. The van der Waals surface area contributed by atoms with Gasteiger partial charge < -0.3 is 5.11 Å². The van der Waals surface area contributed by atoms with Crippen molar-refractivity contribution in [2.45, 2.75) is 0 Å². The zero-order valence-electron chi connectivity index (χ0n) is 7.89. The molecule has 16 heavy (non-hydrogen) atoms. The number of carbonyl (C=O) groups is 1. The summed E-state index contributed by atoms with van der Waals surface area (Å²) in [6, 6.07) is 4.19. The Bertz CT molecular complexity index is 533. The molecule has 2 aromatic rings. The summed E-state index contributed by atoms with van der Waals surface area (Å²) in [5, 5.41) is 12.6. The van der Waals surface area contributed by atoms with E-state index in [1.807, 2.05) is 0 Å². The van der Waals surface area contributed by atoms with E-state index in [4.69, 9.17) is 16.7 Å². The first-order valence-corrected chi connectivity index (χ1v) is 4.70. The Morgan fingerprint density at radius 2 is 2.25 bits per heavy atom. The molecule has 1 N–H and O–H groups in total. The second-order valence-corrected chi connectivity index (χ2v) is 3.46. The Hall–Kier alpha value is -1.88. The highest BCUT2D eigenvalue weighted by Crippen LogP contribution is 2.22. The number of halogens is 2. The van der Waals surface area contributed by atoms with Crippen LogP contribution in [0.1, 0.15) is 10.4 Å². The highest BCUT2D eigenvalue weighted by Gasteiger charge is 2.12. The van der Waals surface area contributed by atoms with Gasteiger partial charge in [-0.05, 0) is 12.1 Å². The summed E-state index contributed by atoms with van der Waals surface area (Å²) in [5.41, 5.74) is 0.0102. The van der Waals surface area contributed by atoms with E-state index in [1.54, 1.807) is 0 Å². The van der Waals surface area contributed by atoms with E-state index in [2.05, 4.69) is 5.10 Å². The van der Waals surface area contributed by atoms with Gasteiger partial charge in [-0.25, -0.2) is 13.9 Å². The van der Waals surface area contributed by atoms with Gasteiger partial charge in [0.2, 0.25) is 0 Å². The lowest BCUT2D eigenvalue weighted by atomic mass is 10.3. The number of aromatic nitrogens is 2. The van der Waals surface area contributed by atoms with E-state index < -0.39 is 11.8 Å². The SMILES string of the molecule is O=C(O)c1cnn(-c2c(F)cccc2Cl)c1. The van der Waals surface area contributed by atoms with E-state index in [1.165, 1.54) is 24.4 Å². The van der Waals surface area contributed by atoms with Crippen molar-refractivity contribution in [2.24, 2.45) is 0 Å². The number of carboxylic acid groups (broad SMARTS) is 1. The number of rotatable bonds is 2. The smallest absolute Gasteiger partial charge is 0.338 e. The molecule has 0 spiro atoms. The Morgan fingerprint density at radius 3 is 2.81 bits per heavy atom. The minimum Gasteiger partial charge on any atom is -0.478 e. The zero-order valence-corrected chi connectivity index (χ0v) is 8.65. The first-order valence-electron chi connectivity index (χ1n) is 4.32. The minimum absolute atomic E-state index is 0.0284. The quantitative estimate of drug-likeness (QED) is 0.877. The lowest BCUT2D eigenvalue weighted by Crippen LogP contribution is -1.99. The van der Waals surface area contributed by atoms with Crippen molar-refractivity contribution < 1.29 is 14.3 Å². The van der Waals surface area contributed by atoms with Gasteiger partial charge in [0.1, 0.15) is 11.5 Å². The number of hydrogen-bond acceptors (Lipinski definition) is 2. The molecule has 0 unspecified atom stereocenters. The number of carboxylic acids is 1. The Labute approximate surface area is 94.9 Å². The summed E-state index contributed by atoms with van der Waals surface area (Å²) in [5.74, 6) is -1.69. The van der Waals surface area contributed by atoms with Crippen LogP contribution in [-0.4, -0.2) is 20.9 Å². The van der Waals surface area contributed by atoms with E-state index in [0.717, 1.165) is 10.9 Å². The lowest BCUT2D eigenvalue weighted by Gasteiger charge is -2.04. The number of hydrogen-bond donors (Lipinski definition) is 1. The predicted octanol–water partition coefficient (Wildman–Crippen LogP) is 2.36. The van der Waals surface area contributed by atoms with E-state index in [0.29, 0.717) is 0 Å². The van der Waals surface area contributed by atoms with Gasteiger partial charge in [-0.15, -0.1) is 0 Å². The molecule has 4 nitrogen and oxygen atoms in total. The molecule has 0 fully saturated rings. The van der Waals surface area contributed by atoms with Gasteiger partial charge in [0.05, 0.1) is 16.8 Å². The van der Waals surface area contributed by atoms with Gasteiger partial charge in [-0.2, -0.15) is 5.10 Å². The molecule has 1 aromatic heterocycles. The third-order valence-corrected chi connectivity index (χ3v) is 2.30. The highest BCUT2D eigenvalue weighted by molar-refractivity contribution is 6.32. The summed E-state index contributed by atoms with van der Waals surface area (Å²) in [4.78, 5) is 10.6. The average Bonchev–Trinajstić information content (AvgIpc) is 2.66. The van der Waals surface area contributed by atoms with E-state index in [-0.39, 0.29) is 16.3 Å². The number of nitrogens with zero attached hydrogens (tertiary/aromatic N) is 2.